The lowest BCUT2D eigenvalue weighted by Gasteiger charge is -2.10. The summed E-state index contributed by atoms with van der Waals surface area (Å²) < 4.78 is 46.5. The Bertz CT molecular complexity index is 926. The molecule has 150 valence electrons. The van der Waals surface area contributed by atoms with Gasteiger partial charge in [-0.3, -0.25) is 0 Å². The number of hydrogen-bond acceptors (Lipinski definition) is 3. The number of aromatic nitrogens is 2. The van der Waals surface area contributed by atoms with Crippen molar-refractivity contribution in [3.63, 3.8) is 0 Å². The van der Waals surface area contributed by atoms with Crippen LogP contribution in [0, 0.1) is 0 Å². The number of halogens is 4. The first-order chi connectivity index (χ1) is 13.4. The smallest absolute Gasteiger partial charge is 0.382 e. The van der Waals surface area contributed by atoms with Crippen LogP contribution in [0.1, 0.15) is 24.7 Å². The van der Waals surface area contributed by atoms with Crippen molar-refractivity contribution in [1.29, 1.82) is 0 Å². The third-order valence-electron chi connectivity index (χ3n) is 4.21. The summed E-state index contributed by atoms with van der Waals surface area (Å²) >= 11 is 7.48. The largest absolute Gasteiger partial charge is 0.416 e. The van der Waals surface area contributed by atoms with Crippen LogP contribution in [0.25, 0.3) is 11.0 Å². The molecule has 0 radical (unpaired) electrons. The minimum absolute atomic E-state index is 0.359. The van der Waals surface area contributed by atoms with Gasteiger partial charge in [-0.05, 0) is 55.8 Å². The van der Waals surface area contributed by atoms with E-state index in [2.05, 4.69) is 4.98 Å². The van der Waals surface area contributed by atoms with Crippen LogP contribution in [0.3, 0.4) is 0 Å². The molecule has 3 nitrogen and oxygen atoms in total. The standard InChI is InChI=1S/C20H20ClF3N2OS/c1-2-27-11-3-10-26-18-9-4-14(20(22,23)24)12-17(18)25-19(26)13-28-16-7-5-15(21)6-8-16/h4-9,12H,2-3,10-11,13H2,1H3. The molecule has 0 atom stereocenters. The van der Waals surface area contributed by atoms with Gasteiger partial charge in [-0.25, -0.2) is 4.98 Å². The summed E-state index contributed by atoms with van der Waals surface area (Å²) in [5.41, 5.74) is 0.380. The normalized spacial score (nSPS) is 12.0. The van der Waals surface area contributed by atoms with Crippen molar-refractivity contribution in [1.82, 2.24) is 9.55 Å². The second-order valence-corrected chi connectivity index (χ2v) is 7.66. The van der Waals surface area contributed by atoms with Crippen LogP contribution in [0.4, 0.5) is 13.2 Å². The van der Waals surface area contributed by atoms with E-state index < -0.39 is 11.7 Å². The molecule has 0 fully saturated rings. The van der Waals surface area contributed by atoms with E-state index >= 15 is 0 Å². The number of ether oxygens (including phenoxy) is 1. The number of benzene rings is 2. The SMILES string of the molecule is CCOCCCn1c(CSc2ccc(Cl)cc2)nc2cc(C(F)(F)F)ccc21. The van der Waals surface area contributed by atoms with E-state index in [9.17, 15) is 13.2 Å². The lowest BCUT2D eigenvalue weighted by Crippen LogP contribution is -2.07. The zero-order chi connectivity index (χ0) is 20.1. The number of alkyl halides is 3. The van der Waals surface area contributed by atoms with Crippen LogP contribution in [0.5, 0.6) is 0 Å². The van der Waals surface area contributed by atoms with Gasteiger partial charge >= 0.3 is 6.18 Å². The van der Waals surface area contributed by atoms with Crippen molar-refractivity contribution >= 4 is 34.4 Å². The summed E-state index contributed by atoms with van der Waals surface area (Å²) in [5, 5.41) is 0.659. The predicted molar refractivity (Wildman–Crippen MR) is 107 cm³/mol. The second kappa shape index (κ2) is 9.20. The van der Waals surface area contributed by atoms with E-state index in [1.807, 2.05) is 35.8 Å². The fourth-order valence-corrected chi connectivity index (χ4v) is 3.83. The van der Waals surface area contributed by atoms with Crippen LogP contribution < -0.4 is 0 Å². The maximum absolute atomic E-state index is 13.0. The Labute approximate surface area is 170 Å². The summed E-state index contributed by atoms with van der Waals surface area (Å²) in [7, 11) is 0. The Morgan fingerprint density at radius 2 is 1.89 bits per heavy atom. The predicted octanol–water partition coefficient (Wildman–Crippen LogP) is 6.43. The Balaban J connectivity index is 1.87. The molecule has 0 saturated carbocycles. The number of imidazole rings is 1. The Morgan fingerprint density at radius 3 is 2.57 bits per heavy atom. The van der Waals surface area contributed by atoms with E-state index in [0.717, 1.165) is 29.3 Å². The lowest BCUT2D eigenvalue weighted by atomic mass is 10.2. The van der Waals surface area contributed by atoms with Gasteiger partial charge in [0.05, 0.1) is 22.3 Å². The first-order valence-corrected chi connectivity index (χ1v) is 10.3. The zero-order valence-corrected chi connectivity index (χ0v) is 16.9. The molecule has 0 aliphatic carbocycles. The zero-order valence-electron chi connectivity index (χ0n) is 15.3. The summed E-state index contributed by atoms with van der Waals surface area (Å²) in [4.78, 5) is 5.52. The van der Waals surface area contributed by atoms with Crippen LogP contribution in [0.15, 0.2) is 47.4 Å². The minimum atomic E-state index is -4.38. The van der Waals surface area contributed by atoms with Gasteiger partial charge in [0.25, 0.3) is 0 Å². The second-order valence-electron chi connectivity index (χ2n) is 6.17. The number of hydrogen-bond donors (Lipinski definition) is 0. The van der Waals surface area contributed by atoms with Crippen molar-refractivity contribution in [2.24, 2.45) is 0 Å². The minimum Gasteiger partial charge on any atom is -0.382 e. The fourth-order valence-electron chi connectivity index (χ4n) is 2.86. The number of aryl methyl sites for hydroxylation is 1. The topological polar surface area (TPSA) is 27.1 Å². The average Bonchev–Trinajstić information content (AvgIpc) is 3.01. The summed E-state index contributed by atoms with van der Waals surface area (Å²) in [6, 6.07) is 11.2. The van der Waals surface area contributed by atoms with E-state index in [1.165, 1.54) is 6.07 Å². The molecule has 0 amide bonds. The highest BCUT2D eigenvalue weighted by atomic mass is 35.5. The van der Waals surface area contributed by atoms with Gasteiger partial charge in [-0.2, -0.15) is 13.2 Å². The van der Waals surface area contributed by atoms with Gasteiger partial charge in [-0.1, -0.05) is 11.6 Å². The summed E-state index contributed by atoms with van der Waals surface area (Å²) in [6.45, 7) is 3.80. The van der Waals surface area contributed by atoms with Crippen LogP contribution in [-0.2, 0) is 23.2 Å². The Kier molecular flexibility index (Phi) is 6.91. The van der Waals surface area contributed by atoms with E-state index in [1.54, 1.807) is 11.8 Å². The number of fused-ring (bicyclic) bond motifs is 1. The van der Waals surface area contributed by atoms with Gasteiger partial charge in [0.2, 0.25) is 0 Å². The maximum atomic E-state index is 13.0. The van der Waals surface area contributed by atoms with Crippen LogP contribution >= 0.6 is 23.4 Å². The van der Waals surface area contributed by atoms with Crippen molar-refractivity contribution in [2.75, 3.05) is 13.2 Å². The molecule has 0 unspecified atom stereocenters. The number of thioether (sulfide) groups is 1. The highest BCUT2D eigenvalue weighted by Crippen LogP contribution is 2.32. The first-order valence-electron chi connectivity index (χ1n) is 8.91. The van der Waals surface area contributed by atoms with Crippen LogP contribution in [-0.4, -0.2) is 22.8 Å². The molecule has 3 aromatic rings. The average molecular weight is 429 g/mol. The molecule has 0 aliphatic rings. The highest BCUT2D eigenvalue weighted by Gasteiger charge is 2.31. The quantitative estimate of drug-likeness (QED) is 0.305. The lowest BCUT2D eigenvalue weighted by molar-refractivity contribution is -0.137. The number of rotatable bonds is 8. The molecule has 28 heavy (non-hydrogen) atoms. The summed E-state index contributed by atoms with van der Waals surface area (Å²) in [5.74, 6) is 1.29. The van der Waals surface area contributed by atoms with Gasteiger partial charge in [0.15, 0.2) is 0 Å². The van der Waals surface area contributed by atoms with Gasteiger partial charge in [-0.15, -0.1) is 11.8 Å². The third-order valence-corrected chi connectivity index (χ3v) is 5.47. The first kappa shape index (κ1) is 21.0. The molecular formula is C20H20ClF3N2OS. The number of nitrogens with zero attached hydrogens (tertiary/aromatic N) is 2. The van der Waals surface area contributed by atoms with Crippen molar-refractivity contribution in [2.45, 2.75) is 36.7 Å². The summed E-state index contributed by atoms with van der Waals surface area (Å²) in [6.07, 6.45) is -3.62. The fraction of sp³-hybridized carbons (Fsp3) is 0.350. The van der Waals surface area contributed by atoms with E-state index in [0.29, 0.717) is 41.6 Å². The van der Waals surface area contributed by atoms with E-state index in [4.69, 9.17) is 16.3 Å². The van der Waals surface area contributed by atoms with Gasteiger partial charge < -0.3 is 9.30 Å². The maximum Gasteiger partial charge on any atom is 0.416 e. The molecule has 3 rings (SSSR count). The monoisotopic (exact) mass is 428 g/mol. The Hall–Kier alpha value is -1.70. The van der Waals surface area contributed by atoms with Crippen molar-refractivity contribution < 1.29 is 17.9 Å². The van der Waals surface area contributed by atoms with Gasteiger partial charge in [0, 0.05) is 29.7 Å². The van der Waals surface area contributed by atoms with Crippen molar-refractivity contribution in [3.8, 4) is 0 Å². The highest BCUT2D eigenvalue weighted by molar-refractivity contribution is 7.98. The molecular weight excluding hydrogens is 409 g/mol. The van der Waals surface area contributed by atoms with Crippen LogP contribution in [0.2, 0.25) is 5.02 Å². The molecule has 1 heterocycles. The Morgan fingerprint density at radius 1 is 1.14 bits per heavy atom. The van der Waals surface area contributed by atoms with E-state index in [-0.39, 0.29) is 0 Å². The molecule has 8 heteroatoms. The molecule has 0 bridgehead atoms. The molecule has 0 saturated heterocycles. The molecule has 0 spiro atoms. The third kappa shape index (κ3) is 5.21. The molecule has 2 aromatic carbocycles. The molecule has 0 N–H and O–H groups in total. The van der Waals surface area contributed by atoms with Crippen molar-refractivity contribution in [3.05, 3.63) is 58.9 Å². The molecule has 0 aliphatic heterocycles. The molecule has 1 aromatic heterocycles. The van der Waals surface area contributed by atoms with Gasteiger partial charge in [0.1, 0.15) is 5.82 Å².